The molecule has 0 bridgehead atoms. The van der Waals surface area contributed by atoms with Crippen molar-refractivity contribution in [3.63, 3.8) is 0 Å². The van der Waals surface area contributed by atoms with Gasteiger partial charge in [0.25, 0.3) is 0 Å². The van der Waals surface area contributed by atoms with Crippen LogP contribution in [0.1, 0.15) is 18.9 Å². The molecular weight excluding hydrogens is 298 g/mol. The Morgan fingerprint density at radius 2 is 2.00 bits per heavy atom. The fourth-order valence-corrected chi connectivity index (χ4v) is 3.27. The van der Waals surface area contributed by atoms with Crippen LogP contribution in [0.5, 0.6) is 11.5 Å². The molecule has 0 aliphatic heterocycles. The zero-order valence-electron chi connectivity index (χ0n) is 11.2. The second kappa shape index (κ2) is 6.23. The van der Waals surface area contributed by atoms with Gasteiger partial charge in [0.2, 0.25) is 4.34 Å². The molecule has 1 aromatic heterocycles. The number of thiazole rings is 1. The minimum atomic E-state index is -3.87. The van der Waals surface area contributed by atoms with Crippen LogP contribution >= 0.6 is 11.3 Å². The van der Waals surface area contributed by atoms with Gasteiger partial charge in [0.05, 0.1) is 6.61 Å². The summed E-state index contributed by atoms with van der Waals surface area (Å²) < 4.78 is 34.5. The lowest BCUT2D eigenvalue weighted by molar-refractivity contribution is 0.316. The van der Waals surface area contributed by atoms with Crippen molar-refractivity contribution in [2.24, 2.45) is 0 Å². The number of aromatic nitrogens is 1. The molecule has 0 aliphatic rings. The zero-order chi connectivity index (χ0) is 14.6. The van der Waals surface area contributed by atoms with Gasteiger partial charge in [0, 0.05) is 17.6 Å². The van der Waals surface area contributed by atoms with Crippen LogP contribution in [0.4, 0.5) is 0 Å². The molecule has 7 heteroatoms. The van der Waals surface area contributed by atoms with Gasteiger partial charge in [0.15, 0.2) is 0 Å². The van der Waals surface area contributed by atoms with E-state index in [1.807, 2.05) is 19.9 Å². The van der Waals surface area contributed by atoms with Crippen LogP contribution in [0.2, 0.25) is 0 Å². The van der Waals surface area contributed by atoms with Gasteiger partial charge in [-0.05, 0) is 31.0 Å². The molecule has 2 aromatic rings. The van der Waals surface area contributed by atoms with E-state index in [1.165, 1.54) is 6.20 Å². The topological polar surface area (TPSA) is 65.5 Å². The molecule has 0 saturated carbocycles. The fraction of sp³-hybridized carbons (Fsp3) is 0.308. The quantitative estimate of drug-likeness (QED) is 0.767. The first-order chi connectivity index (χ1) is 9.51. The predicted molar refractivity (Wildman–Crippen MR) is 76.9 cm³/mol. The fourth-order valence-electron chi connectivity index (χ4n) is 1.56. The average molecular weight is 313 g/mol. The van der Waals surface area contributed by atoms with Gasteiger partial charge >= 0.3 is 10.1 Å². The van der Waals surface area contributed by atoms with Crippen LogP contribution in [0.3, 0.4) is 0 Å². The molecule has 0 N–H and O–H groups in total. The van der Waals surface area contributed by atoms with Crippen LogP contribution in [0, 0.1) is 6.92 Å². The van der Waals surface area contributed by atoms with Crippen molar-refractivity contribution in [1.82, 2.24) is 4.98 Å². The minimum absolute atomic E-state index is 0.0602. The lowest BCUT2D eigenvalue weighted by Gasteiger charge is -2.09. The molecule has 0 aliphatic carbocycles. The monoisotopic (exact) mass is 313 g/mol. The van der Waals surface area contributed by atoms with E-state index in [9.17, 15) is 8.42 Å². The van der Waals surface area contributed by atoms with Crippen LogP contribution in [0.25, 0.3) is 0 Å². The Morgan fingerprint density at radius 3 is 2.65 bits per heavy atom. The molecule has 0 amide bonds. The van der Waals surface area contributed by atoms with E-state index in [4.69, 9.17) is 8.92 Å². The maximum absolute atomic E-state index is 12.0. The Bertz CT molecular complexity index is 666. The van der Waals surface area contributed by atoms with Gasteiger partial charge in [-0.15, -0.1) is 11.3 Å². The van der Waals surface area contributed by atoms with Crippen molar-refractivity contribution in [3.8, 4) is 11.5 Å². The Morgan fingerprint density at radius 1 is 1.25 bits per heavy atom. The van der Waals surface area contributed by atoms with Gasteiger partial charge in [-0.2, -0.15) is 8.42 Å². The molecule has 1 aromatic carbocycles. The minimum Gasteiger partial charge on any atom is -0.493 e. The SMILES string of the molecule is CCCOc1cc(C)cc(OS(=O)(=O)c2nccs2)c1. The molecular formula is C13H15NO4S2. The lowest BCUT2D eigenvalue weighted by atomic mass is 10.2. The van der Waals surface area contributed by atoms with E-state index in [0.29, 0.717) is 12.4 Å². The molecule has 20 heavy (non-hydrogen) atoms. The largest absolute Gasteiger partial charge is 0.493 e. The predicted octanol–water partition coefficient (Wildman–Crippen LogP) is 3.01. The molecule has 2 rings (SSSR count). The average Bonchev–Trinajstić information content (AvgIpc) is 2.89. The number of hydrogen-bond donors (Lipinski definition) is 0. The smallest absolute Gasteiger partial charge is 0.366 e. The first kappa shape index (κ1) is 14.8. The summed E-state index contributed by atoms with van der Waals surface area (Å²) in [6.07, 6.45) is 2.30. The van der Waals surface area contributed by atoms with Gasteiger partial charge in [-0.1, -0.05) is 6.92 Å². The molecule has 0 fully saturated rings. The van der Waals surface area contributed by atoms with Crippen molar-refractivity contribution >= 4 is 21.5 Å². The van der Waals surface area contributed by atoms with E-state index < -0.39 is 10.1 Å². The standard InChI is InChI=1S/C13H15NO4S2/c1-3-5-17-11-7-10(2)8-12(9-11)18-20(15,16)13-14-4-6-19-13/h4,6-9H,3,5H2,1-2H3. The maximum atomic E-state index is 12.0. The van der Waals surface area contributed by atoms with E-state index in [0.717, 1.165) is 23.3 Å². The number of hydrogen-bond acceptors (Lipinski definition) is 6. The second-order valence-corrected chi connectivity index (χ2v) is 6.78. The number of benzene rings is 1. The summed E-state index contributed by atoms with van der Waals surface area (Å²) in [6.45, 7) is 4.42. The molecule has 1 heterocycles. The normalized spacial score (nSPS) is 11.3. The zero-order valence-corrected chi connectivity index (χ0v) is 12.8. The van der Waals surface area contributed by atoms with Crippen LogP contribution in [-0.2, 0) is 10.1 Å². The Hall–Kier alpha value is -1.60. The van der Waals surface area contributed by atoms with Crippen LogP contribution < -0.4 is 8.92 Å². The molecule has 108 valence electrons. The highest BCUT2D eigenvalue weighted by Gasteiger charge is 2.20. The van der Waals surface area contributed by atoms with Gasteiger partial charge in [0.1, 0.15) is 11.5 Å². The van der Waals surface area contributed by atoms with Gasteiger partial charge < -0.3 is 8.92 Å². The molecule has 0 spiro atoms. The number of nitrogens with zero attached hydrogens (tertiary/aromatic N) is 1. The summed E-state index contributed by atoms with van der Waals surface area (Å²) in [5.41, 5.74) is 0.864. The third-order valence-corrected chi connectivity index (χ3v) is 4.74. The van der Waals surface area contributed by atoms with E-state index in [2.05, 4.69) is 4.98 Å². The lowest BCUT2D eigenvalue weighted by Crippen LogP contribution is -2.09. The first-order valence-electron chi connectivity index (χ1n) is 6.10. The molecule has 0 saturated heterocycles. The number of ether oxygens (including phenoxy) is 1. The highest BCUT2D eigenvalue weighted by atomic mass is 32.3. The summed E-state index contributed by atoms with van der Waals surface area (Å²) in [5, 5.41) is 1.59. The molecule has 0 atom stereocenters. The first-order valence-corrected chi connectivity index (χ1v) is 8.38. The second-order valence-electron chi connectivity index (χ2n) is 4.17. The van der Waals surface area contributed by atoms with Crippen molar-refractivity contribution in [3.05, 3.63) is 35.3 Å². The maximum Gasteiger partial charge on any atom is 0.366 e. The third kappa shape index (κ3) is 3.71. The number of aryl methyl sites for hydroxylation is 1. The summed E-state index contributed by atoms with van der Waals surface area (Å²) in [4.78, 5) is 3.75. The van der Waals surface area contributed by atoms with Gasteiger partial charge in [-0.3, -0.25) is 0 Å². The Kier molecular flexibility index (Phi) is 4.61. The molecule has 0 radical (unpaired) electrons. The van der Waals surface area contributed by atoms with E-state index in [-0.39, 0.29) is 10.1 Å². The Balaban J connectivity index is 2.23. The van der Waals surface area contributed by atoms with Crippen molar-refractivity contribution < 1.29 is 17.3 Å². The third-order valence-electron chi connectivity index (χ3n) is 2.33. The van der Waals surface area contributed by atoms with E-state index in [1.54, 1.807) is 17.5 Å². The van der Waals surface area contributed by atoms with Crippen molar-refractivity contribution in [2.45, 2.75) is 24.6 Å². The Labute approximate surface area is 122 Å². The highest BCUT2D eigenvalue weighted by molar-refractivity contribution is 7.89. The molecule has 0 unspecified atom stereocenters. The van der Waals surface area contributed by atoms with Crippen molar-refractivity contribution in [2.75, 3.05) is 6.61 Å². The summed E-state index contributed by atoms with van der Waals surface area (Å²) in [6, 6.07) is 5.04. The summed E-state index contributed by atoms with van der Waals surface area (Å²) >= 11 is 1.02. The van der Waals surface area contributed by atoms with E-state index >= 15 is 0 Å². The highest BCUT2D eigenvalue weighted by Crippen LogP contribution is 2.26. The molecule has 5 nitrogen and oxygen atoms in total. The summed E-state index contributed by atoms with van der Waals surface area (Å²) in [5.74, 6) is 0.822. The van der Waals surface area contributed by atoms with Gasteiger partial charge in [-0.25, -0.2) is 4.98 Å². The summed E-state index contributed by atoms with van der Waals surface area (Å²) in [7, 11) is -3.87. The number of rotatable bonds is 6. The van der Waals surface area contributed by atoms with Crippen molar-refractivity contribution in [1.29, 1.82) is 0 Å². The van der Waals surface area contributed by atoms with Crippen LogP contribution in [-0.4, -0.2) is 20.0 Å². The van der Waals surface area contributed by atoms with Crippen LogP contribution in [0.15, 0.2) is 34.1 Å².